The highest BCUT2D eigenvalue weighted by Gasteiger charge is 2.26. The molecule has 1 heterocycles. The number of anilines is 2. The summed E-state index contributed by atoms with van der Waals surface area (Å²) in [6.07, 6.45) is 1.64. The highest BCUT2D eigenvalue weighted by molar-refractivity contribution is 7.92. The lowest BCUT2D eigenvalue weighted by Gasteiger charge is -2.16. The molecule has 126 valence electrons. The Bertz CT molecular complexity index is 929. The Morgan fingerprint density at radius 1 is 1.12 bits per heavy atom. The second-order valence-corrected chi connectivity index (χ2v) is 7.42. The number of hydrogen-bond acceptors (Lipinski definition) is 3. The van der Waals surface area contributed by atoms with E-state index in [1.165, 1.54) is 16.4 Å². The minimum atomic E-state index is -3.35. The molecule has 2 aromatic carbocycles. The van der Waals surface area contributed by atoms with Gasteiger partial charge in [0.1, 0.15) is 0 Å². The van der Waals surface area contributed by atoms with E-state index in [-0.39, 0.29) is 5.69 Å². The van der Waals surface area contributed by atoms with Gasteiger partial charge in [0.05, 0.1) is 11.9 Å². The minimum Gasteiger partial charge on any atom is -0.322 e. The summed E-state index contributed by atoms with van der Waals surface area (Å²) in [7, 11) is -3.35. The van der Waals surface area contributed by atoms with Crippen LogP contribution in [0.5, 0.6) is 0 Å². The molecule has 1 amide bonds. The van der Waals surface area contributed by atoms with Crippen LogP contribution >= 0.6 is 0 Å². The van der Waals surface area contributed by atoms with E-state index in [1.807, 2.05) is 0 Å². The predicted molar refractivity (Wildman–Crippen MR) is 86.6 cm³/mol. The minimum absolute atomic E-state index is 0.136. The first-order valence-electron chi connectivity index (χ1n) is 7.13. The molecule has 0 fully saturated rings. The van der Waals surface area contributed by atoms with Gasteiger partial charge in [-0.15, -0.1) is 0 Å². The Hall–Kier alpha value is -2.48. The molecule has 0 radical (unpaired) electrons. The average Bonchev–Trinajstić information content (AvgIpc) is 2.94. The molecule has 0 aliphatic carbocycles. The van der Waals surface area contributed by atoms with Crippen LogP contribution in [0.2, 0.25) is 0 Å². The summed E-state index contributed by atoms with van der Waals surface area (Å²) in [5.41, 5.74) is 1.76. The lowest BCUT2D eigenvalue weighted by Crippen LogP contribution is -2.27. The van der Waals surface area contributed by atoms with E-state index in [0.29, 0.717) is 24.2 Å². The molecule has 0 bridgehead atoms. The Morgan fingerprint density at radius 2 is 1.88 bits per heavy atom. The fourth-order valence-electron chi connectivity index (χ4n) is 2.63. The van der Waals surface area contributed by atoms with Crippen LogP contribution in [0.4, 0.5) is 20.2 Å². The highest BCUT2D eigenvalue weighted by Crippen LogP contribution is 2.30. The van der Waals surface area contributed by atoms with Crippen molar-refractivity contribution < 1.29 is 22.0 Å². The van der Waals surface area contributed by atoms with E-state index in [1.54, 1.807) is 12.1 Å². The van der Waals surface area contributed by atoms with E-state index in [9.17, 15) is 22.0 Å². The zero-order valence-electron chi connectivity index (χ0n) is 12.7. The molecule has 1 aliphatic heterocycles. The van der Waals surface area contributed by atoms with Crippen LogP contribution in [-0.4, -0.2) is 27.1 Å². The van der Waals surface area contributed by atoms with Crippen LogP contribution in [0.25, 0.3) is 0 Å². The van der Waals surface area contributed by atoms with Crippen molar-refractivity contribution in [2.24, 2.45) is 0 Å². The Morgan fingerprint density at radius 3 is 2.54 bits per heavy atom. The highest BCUT2D eigenvalue weighted by atomic mass is 32.2. The first kappa shape index (κ1) is 16.4. The third kappa shape index (κ3) is 3.09. The van der Waals surface area contributed by atoms with E-state index < -0.39 is 27.6 Å². The zero-order valence-corrected chi connectivity index (χ0v) is 13.5. The molecule has 8 heteroatoms. The topological polar surface area (TPSA) is 66.5 Å². The molecule has 0 aromatic heterocycles. The van der Waals surface area contributed by atoms with Crippen molar-refractivity contribution in [1.29, 1.82) is 0 Å². The van der Waals surface area contributed by atoms with Crippen molar-refractivity contribution in [3.63, 3.8) is 0 Å². The Labute approximate surface area is 138 Å². The number of nitrogens with zero attached hydrogens (tertiary/aromatic N) is 1. The summed E-state index contributed by atoms with van der Waals surface area (Å²) in [5.74, 6) is -2.53. The van der Waals surface area contributed by atoms with Gasteiger partial charge in [0.2, 0.25) is 10.0 Å². The number of amides is 1. The maximum Gasteiger partial charge on any atom is 0.255 e. The van der Waals surface area contributed by atoms with Gasteiger partial charge in [-0.2, -0.15) is 0 Å². The van der Waals surface area contributed by atoms with Crippen molar-refractivity contribution in [2.75, 3.05) is 22.4 Å². The van der Waals surface area contributed by atoms with Gasteiger partial charge in [0, 0.05) is 23.9 Å². The van der Waals surface area contributed by atoms with Crippen LogP contribution < -0.4 is 9.62 Å². The maximum absolute atomic E-state index is 13.2. The molecule has 0 spiro atoms. The van der Waals surface area contributed by atoms with Gasteiger partial charge in [-0.3, -0.25) is 9.10 Å². The van der Waals surface area contributed by atoms with Crippen LogP contribution in [0.1, 0.15) is 15.9 Å². The number of carbonyl (C=O) groups is 1. The molecular formula is C16H14F2N2O3S. The molecule has 24 heavy (non-hydrogen) atoms. The molecule has 1 N–H and O–H groups in total. The number of halogens is 2. The van der Waals surface area contributed by atoms with Gasteiger partial charge >= 0.3 is 0 Å². The summed E-state index contributed by atoms with van der Waals surface area (Å²) in [5, 5.41) is 2.48. The van der Waals surface area contributed by atoms with Gasteiger partial charge in [-0.25, -0.2) is 17.2 Å². The number of benzene rings is 2. The Kier molecular flexibility index (Phi) is 4.00. The smallest absolute Gasteiger partial charge is 0.255 e. The molecule has 0 saturated carbocycles. The average molecular weight is 352 g/mol. The molecular weight excluding hydrogens is 338 g/mol. The van der Waals surface area contributed by atoms with E-state index >= 15 is 0 Å². The van der Waals surface area contributed by atoms with Crippen LogP contribution in [0.15, 0.2) is 36.4 Å². The van der Waals surface area contributed by atoms with E-state index in [4.69, 9.17) is 0 Å². The molecule has 5 nitrogen and oxygen atoms in total. The van der Waals surface area contributed by atoms with Gasteiger partial charge < -0.3 is 5.32 Å². The number of sulfonamides is 1. The summed E-state index contributed by atoms with van der Waals surface area (Å²) in [4.78, 5) is 12.2. The Balaban J connectivity index is 1.83. The van der Waals surface area contributed by atoms with Crippen LogP contribution in [0.3, 0.4) is 0 Å². The van der Waals surface area contributed by atoms with Gasteiger partial charge in [-0.05, 0) is 42.3 Å². The molecule has 3 rings (SSSR count). The van der Waals surface area contributed by atoms with Crippen molar-refractivity contribution in [3.05, 3.63) is 59.2 Å². The van der Waals surface area contributed by atoms with Gasteiger partial charge in [0.15, 0.2) is 11.6 Å². The second-order valence-electron chi connectivity index (χ2n) is 5.51. The lowest BCUT2D eigenvalue weighted by atomic mass is 10.1. The zero-order chi connectivity index (χ0) is 17.5. The number of carbonyl (C=O) groups excluding carboxylic acids is 1. The number of nitrogens with one attached hydrogen (secondary N) is 1. The fraction of sp³-hybridized carbons (Fsp3) is 0.188. The number of fused-ring (bicyclic) bond motifs is 1. The third-order valence-electron chi connectivity index (χ3n) is 3.77. The monoisotopic (exact) mass is 352 g/mol. The van der Waals surface area contributed by atoms with E-state index in [0.717, 1.165) is 24.0 Å². The normalized spacial score (nSPS) is 13.7. The quantitative estimate of drug-likeness (QED) is 0.923. The largest absolute Gasteiger partial charge is 0.322 e. The van der Waals surface area contributed by atoms with Gasteiger partial charge in [-0.1, -0.05) is 0 Å². The van der Waals surface area contributed by atoms with E-state index in [2.05, 4.69) is 5.32 Å². The molecule has 0 atom stereocenters. The lowest BCUT2D eigenvalue weighted by molar-refractivity contribution is 0.102. The first-order valence-corrected chi connectivity index (χ1v) is 8.97. The SMILES string of the molecule is CS(=O)(=O)N1CCc2cc(C(=O)Nc3ccc(F)c(F)c3)ccc21. The van der Waals surface area contributed by atoms with Crippen molar-refractivity contribution in [1.82, 2.24) is 0 Å². The van der Waals surface area contributed by atoms with Gasteiger partial charge in [0.25, 0.3) is 5.91 Å². The number of hydrogen-bond donors (Lipinski definition) is 1. The number of rotatable bonds is 3. The fourth-order valence-corrected chi connectivity index (χ4v) is 3.59. The summed E-state index contributed by atoms with van der Waals surface area (Å²) in [6, 6.07) is 7.76. The third-order valence-corrected chi connectivity index (χ3v) is 4.95. The molecule has 0 saturated heterocycles. The molecule has 2 aromatic rings. The summed E-state index contributed by atoms with van der Waals surface area (Å²) in [6.45, 7) is 0.336. The van der Waals surface area contributed by atoms with Crippen molar-refractivity contribution in [3.8, 4) is 0 Å². The maximum atomic E-state index is 13.2. The van der Waals surface area contributed by atoms with Crippen LogP contribution in [0, 0.1) is 11.6 Å². The molecule has 1 aliphatic rings. The first-order chi connectivity index (χ1) is 11.3. The van der Waals surface area contributed by atoms with Crippen molar-refractivity contribution >= 4 is 27.3 Å². The summed E-state index contributed by atoms with van der Waals surface area (Å²) < 4.78 is 50.8. The predicted octanol–water partition coefficient (Wildman–Crippen LogP) is 2.54. The van der Waals surface area contributed by atoms with Crippen molar-refractivity contribution in [2.45, 2.75) is 6.42 Å². The second kappa shape index (κ2) is 5.86. The standard InChI is InChI=1S/C16H14F2N2O3S/c1-24(22,23)20-7-6-10-8-11(2-5-15(10)20)16(21)19-12-3-4-13(17)14(18)9-12/h2-5,8-9H,6-7H2,1H3,(H,19,21). The molecule has 0 unspecified atom stereocenters. The summed E-state index contributed by atoms with van der Waals surface area (Å²) >= 11 is 0. The van der Waals surface area contributed by atoms with Crippen LogP contribution in [-0.2, 0) is 16.4 Å².